The molecule has 1 aliphatic carbocycles. The fraction of sp³-hybridized carbons (Fsp3) is 0.500. The van der Waals surface area contributed by atoms with Crippen molar-refractivity contribution >= 4 is 27.1 Å². The molecule has 0 aromatic carbocycles. The Morgan fingerprint density at radius 1 is 1.41 bits per heavy atom. The maximum absolute atomic E-state index is 6.02. The highest BCUT2D eigenvalue weighted by Gasteiger charge is 2.23. The predicted octanol–water partition coefficient (Wildman–Crippen LogP) is 2.71. The van der Waals surface area contributed by atoms with Crippen LogP contribution >= 0.6 is 15.9 Å². The second kappa shape index (κ2) is 4.38. The molecule has 17 heavy (non-hydrogen) atoms. The molecule has 4 nitrogen and oxygen atoms in total. The van der Waals surface area contributed by atoms with Gasteiger partial charge in [-0.2, -0.15) is 0 Å². The molecule has 2 unspecified atom stereocenters. The molecular formula is C12H15BrN4. The molecule has 5 heteroatoms. The number of aromatic amines is 1. The average molecular weight is 295 g/mol. The molecule has 1 fully saturated rings. The number of hydrogen-bond donors (Lipinski definition) is 2. The number of imidazole rings is 1. The fourth-order valence-electron chi connectivity index (χ4n) is 2.56. The molecule has 0 amide bonds. The molecule has 1 saturated carbocycles. The van der Waals surface area contributed by atoms with E-state index in [9.17, 15) is 0 Å². The molecule has 2 aromatic rings. The zero-order valence-corrected chi connectivity index (χ0v) is 11.1. The number of halogens is 1. The maximum Gasteiger partial charge on any atom is 0.177 e. The van der Waals surface area contributed by atoms with Crippen LogP contribution in [-0.2, 0) is 0 Å². The van der Waals surface area contributed by atoms with Crippen LogP contribution in [0.3, 0.4) is 0 Å². The van der Waals surface area contributed by atoms with Gasteiger partial charge in [-0.3, -0.25) is 0 Å². The predicted molar refractivity (Wildman–Crippen MR) is 70.8 cm³/mol. The maximum atomic E-state index is 6.02. The van der Waals surface area contributed by atoms with Crippen molar-refractivity contribution < 1.29 is 0 Å². The smallest absolute Gasteiger partial charge is 0.177 e. The Balaban J connectivity index is 1.94. The SMILES string of the molecule is NC1CCCC(c2nc3ncc(Br)cc3[nH]2)C1. The Labute approximate surface area is 108 Å². The monoisotopic (exact) mass is 294 g/mol. The highest BCUT2D eigenvalue weighted by atomic mass is 79.9. The number of fused-ring (bicyclic) bond motifs is 1. The second-order valence-corrected chi connectivity index (χ2v) is 5.69. The summed E-state index contributed by atoms with van der Waals surface area (Å²) in [5.74, 6) is 1.51. The number of nitrogens with two attached hydrogens (primary N) is 1. The summed E-state index contributed by atoms with van der Waals surface area (Å²) in [5.41, 5.74) is 7.80. The minimum atomic E-state index is 0.321. The van der Waals surface area contributed by atoms with Gasteiger partial charge >= 0.3 is 0 Å². The van der Waals surface area contributed by atoms with Crippen molar-refractivity contribution in [3.05, 3.63) is 22.6 Å². The van der Waals surface area contributed by atoms with Crippen LogP contribution in [0, 0.1) is 0 Å². The number of aromatic nitrogens is 3. The third kappa shape index (κ3) is 2.21. The van der Waals surface area contributed by atoms with Crippen molar-refractivity contribution in [2.75, 3.05) is 0 Å². The van der Waals surface area contributed by atoms with Gasteiger partial charge < -0.3 is 10.7 Å². The zero-order chi connectivity index (χ0) is 11.8. The van der Waals surface area contributed by atoms with E-state index in [-0.39, 0.29) is 0 Å². The average Bonchev–Trinajstić information content (AvgIpc) is 2.72. The van der Waals surface area contributed by atoms with Gasteiger partial charge in [0.25, 0.3) is 0 Å². The molecule has 2 atom stereocenters. The van der Waals surface area contributed by atoms with Gasteiger partial charge in [0.2, 0.25) is 0 Å². The quantitative estimate of drug-likeness (QED) is 0.850. The summed E-state index contributed by atoms with van der Waals surface area (Å²) in [4.78, 5) is 12.2. The zero-order valence-electron chi connectivity index (χ0n) is 9.49. The third-order valence-electron chi connectivity index (χ3n) is 3.42. The molecule has 0 spiro atoms. The van der Waals surface area contributed by atoms with Gasteiger partial charge in [0.1, 0.15) is 5.82 Å². The Kier molecular flexibility index (Phi) is 2.88. The van der Waals surface area contributed by atoms with Gasteiger partial charge in [0.15, 0.2) is 5.65 Å². The molecule has 0 bridgehead atoms. The lowest BCUT2D eigenvalue weighted by atomic mass is 9.86. The first-order chi connectivity index (χ1) is 8.22. The van der Waals surface area contributed by atoms with Crippen molar-refractivity contribution in [2.24, 2.45) is 5.73 Å². The molecule has 0 radical (unpaired) electrons. The first kappa shape index (κ1) is 11.2. The molecule has 90 valence electrons. The molecule has 3 rings (SSSR count). The van der Waals surface area contributed by atoms with Crippen molar-refractivity contribution in [1.29, 1.82) is 0 Å². The standard InChI is InChI=1S/C12H15BrN4/c13-8-5-10-12(15-6-8)17-11(16-10)7-2-1-3-9(14)4-7/h5-7,9H,1-4,14H2,(H,15,16,17). The van der Waals surface area contributed by atoms with E-state index in [2.05, 4.69) is 30.9 Å². The fourth-order valence-corrected chi connectivity index (χ4v) is 2.89. The van der Waals surface area contributed by atoms with Gasteiger partial charge in [-0.15, -0.1) is 0 Å². The Morgan fingerprint density at radius 2 is 2.29 bits per heavy atom. The van der Waals surface area contributed by atoms with E-state index >= 15 is 0 Å². The first-order valence-electron chi connectivity index (χ1n) is 5.99. The summed E-state index contributed by atoms with van der Waals surface area (Å²) in [7, 11) is 0. The molecular weight excluding hydrogens is 280 g/mol. The van der Waals surface area contributed by atoms with Crippen LogP contribution in [0.25, 0.3) is 11.2 Å². The highest BCUT2D eigenvalue weighted by Crippen LogP contribution is 2.31. The van der Waals surface area contributed by atoms with Crippen molar-refractivity contribution in [3.63, 3.8) is 0 Å². The largest absolute Gasteiger partial charge is 0.340 e. The minimum absolute atomic E-state index is 0.321. The van der Waals surface area contributed by atoms with E-state index in [4.69, 9.17) is 5.73 Å². The summed E-state index contributed by atoms with van der Waals surface area (Å²) in [6, 6.07) is 2.34. The summed E-state index contributed by atoms with van der Waals surface area (Å²) < 4.78 is 0.973. The summed E-state index contributed by atoms with van der Waals surface area (Å²) in [6.07, 6.45) is 6.32. The Morgan fingerprint density at radius 3 is 3.12 bits per heavy atom. The second-order valence-electron chi connectivity index (χ2n) is 4.77. The number of nitrogens with one attached hydrogen (secondary N) is 1. The van der Waals surface area contributed by atoms with E-state index < -0.39 is 0 Å². The molecule has 3 N–H and O–H groups in total. The van der Waals surface area contributed by atoms with E-state index in [1.807, 2.05) is 6.07 Å². The summed E-state index contributed by atoms with van der Waals surface area (Å²) in [6.45, 7) is 0. The summed E-state index contributed by atoms with van der Waals surface area (Å²) in [5, 5.41) is 0. The van der Waals surface area contributed by atoms with Crippen LogP contribution in [0.5, 0.6) is 0 Å². The van der Waals surface area contributed by atoms with E-state index in [1.54, 1.807) is 6.20 Å². The lowest BCUT2D eigenvalue weighted by Crippen LogP contribution is -2.27. The molecule has 2 aromatic heterocycles. The van der Waals surface area contributed by atoms with Crippen molar-refractivity contribution in [2.45, 2.75) is 37.6 Å². The summed E-state index contributed by atoms with van der Waals surface area (Å²) >= 11 is 3.42. The number of pyridine rings is 1. The molecule has 1 aliphatic rings. The van der Waals surface area contributed by atoms with Gasteiger partial charge in [0, 0.05) is 22.6 Å². The van der Waals surface area contributed by atoms with Crippen LogP contribution in [0.2, 0.25) is 0 Å². The van der Waals surface area contributed by atoms with Gasteiger partial charge in [-0.25, -0.2) is 9.97 Å². The van der Waals surface area contributed by atoms with E-state index in [1.165, 1.54) is 12.8 Å². The number of nitrogens with zero attached hydrogens (tertiary/aromatic N) is 2. The minimum Gasteiger partial charge on any atom is -0.340 e. The van der Waals surface area contributed by atoms with Crippen molar-refractivity contribution in [3.8, 4) is 0 Å². The van der Waals surface area contributed by atoms with E-state index in [0.717, 1.165) is 34.3 Å². The highest BCUT2D eigenvalue weighted by molar-refractivity contribution is 9.10. The van der Waals surface area contributed by atoms with Crippen LogP contribution in [0.4, 0.5) is 0 Å². The number of rotatable bonds is 1. The topological polar surface area (TPSA) is 67.6 Å². The Bertz CT molecular complexity index is 536. The van der Waals surface area contributed by atoms with E-state index in [0.29, 0.717) is 12.0 Å². The molecule has 2 heterocycles. The van der Waals surface area contributed by atoms with Crippen molar-refractivity contribution in [1.82, 2.24) is 15.0 Å². The molecule has 0 saturated heterocycles. The van der Waals surface area contributed by atoms with Crippen LogP contribution in [0.15, 0.2) is 16.7 Å². The van der Waals surface area contributed by atoms with Gasteiger partial charge in [-0.05, 0) is 41.3 Å². The number of hydrogen-bond acceptors (Lipinski definition) is 3. The molecule has 0 aliphatic heterocycles. The van der Waals surface area contributed by atoms with Gasteiger partial charge in [0.05, 0.1) is 5.52 Å². The lowest BCUT2D eigenvalue weighted by Gasteiger charge is -2.24. The number of H-pyrrole nitrogens is 1. The van der Waals surface area contributed by atoms with Gasteiger partial charge in [-0.1, -0.05) is 6.42 Å². The van der Waals surface area contributed by atoms with Crippen LogP contribution < -0.4 is 5.73 Å². The van der Waals surface area contributed by atoms with Crippen LogP contribution in [-0.4, -0.2) is 21.0 Å². The third-order valence-corrected chi connectivity index (χ3v) is 3.86. The van der Waals surface area contributed by atoms with Crippen LogP contribution in [0.1, 0.15) is 37.4 Å². The normalized spacial score (nSPS) is 25.3. The first-order valence-corrected chi connectivity index (χ1v) is 6.78. The Hall–Kier alpha value is -0.940. The lowest BCUT2D eigenvalue weighted by molar-refractivity contribution is 0.384.